The van der Waals surface area contributed by atoms with E-state index in [9.17, 15) is 9.90 Å². The summed E-state index contributed by atoms with van der Waals surface area (Å²) in [6, 6.07) is 11.4. The zero-order valence-electron chi connectivity index (χ0n) is 17.7. The largest absolute Gasteiger partial charge is 0.467 e. The second-order valence-electron chi connectivity index (χ2n) is 7.71. The monoisotopic (exact) mass is 422 g/mol. The highest BCUT2D eigenvalue weighted by Gasteiger charge is 2.23. The lowest BCUT2D eigenvalue weighted by molar-refractivity contribution is 0.166. The van der Waals surface area contributed by atoms with Gasteiger partial charge in [0.1, 0.15) is 12.3 Å². The number of hydrogen-bond donors (Lipinski definition) is 2. The molecule has 9 heteroatoms. The average Bonchev–Trinajstić information content (AvgIpc) is 3.43. The van der Waals surface area contributed by atoms with Gasteiger partial charge >= 0.3 is 0 Å². The van der Waals surface area contributed by atoms with Crippen LogP contribution in [0.3, 0.4) is 0 Å². The van der Waals surface area contributed by atoms with Crippen LogP contribution in [0.25, 0.3) is 10.9 Å². The first-order valence-electron chi connectivity index (χ1n) is 10.3. The molecule has 31 heavy (non-hydrogen) atoms. The summed E-state index contributed by atoms with van der Waals surface area (Å²) >= 11 is 0. The molecule has 0 unspecified atom stereocenters. The smallest absolute Gasteiger partial charge is 0.252 e. The molecule has 0 aliphatic heterocycles. The molecule has 0 aliphatic rings. The van der Waals surface area contributed by atoms with E-state index in [1.54, 1.807) is 10.9 Å². The molecule has 0 saturated carbocycles. The molecule has 0 saturated heterocycles. The molecule has 3 aromatic heterocycles. The maximum atomic E-state index is 12.7. The predicted octanol–water partition coefficient (Wildman–Crippen LogP) is 2.41. The number of H-pyrrole nitrogens is 1. The Kier molecular flexibility index (Phi) is 6.24. The first-order valence-corrected chi connectivity index (χ1v) is 10.3. The third-order valence-electron chi connectivity index (χ3n) is 5.42. The molecule has 2 N–H and O–H groups in total. The van der Waals surface area contributed by atoms with Crippen molar-refractivity contribution in [2.75, 3.05) is 13.2 Å². The Morgan fingerprint density at radius 1 is 1.29 bits per heavy atom. The Hall–Kier alpha value is -3.30. The minimum Gasteiger partial charge on any atom is -0.467 e. The van der Waals surface area contributed by atoms with Gasteiger partial charge in [-0.25, -0.2) is 4.68 Å². The van der Waals surface area contributed by atoms with Crippen molar-refractivity contribution in [2.45, 2.75) is 39.4 Å². The van der Waals surface area contributed by atoms with Gasteiger partial charge in [0.2, 0.25) is 0 Å². The van der Waals surface area contributed by atoms with E-state index in [2.05, 4.69) is 31.5 Å². The fourth-order valence-corrected chi connectivity index (χ4v) is 3.73. The molecule has 162 valence electrons. The van der Waals surface area contributed by atoms with E-state index in [0.29, 0.717) is 37.4 Å². The SMILES string of the molecule is Cc1ccc2[nH]c(=O)c(CN(CCCO)[C@@H](C)c3nnnn3Cc3ccco3)cc2c1. The van der Waals surface area contributed by atoms with E-state index in [1.807, 2.05) is 44.2 Å². The van der Waals surface area contributed by atoms with Crippen LogP contribution in [0.15, 0.2) is 51.9 Å². The highest BCUT2D eigenvalue weighted by molar-refractivity contribution is 5.79. The Morgan fingerprint density at radius 3 is 2.94 bits per heavy atom. The third kappa shape index (κ3) is 4.73. The van der Waals surface area contributed by atoms with Gasteiger partial charge in [-0.15, -0.1) is 5.10 Å². The molecule has 0 bridgehead atoms. The van der Waals surface area contributed by atoms with E-state index in [4.69, 9.17) is 4.42 Å². The fourth-order valence-electron chi connectivity index (χ4n) is 3.73. The van der Waals surface area contributed by atoms with E-state index in [0.717, 1.165) is 22.2 Å². The number of fused-ring (bicyclic) bond motifs is 1. The maximum absolute atomic E-state index is 12.7. The summed E-state index contributed by atoms with van der Waals surface area (Å²) in [6.07, 6.45) is 2.19. The van der Waals surface area contributed by atoms with Gasteiger partial charge < -0.3 is 14.5 Å². The molecule has 3 heterocycles. The van der Waals surface area contributed by atoms with Crippen LogP contribution in [-0.2, 0) is 13.1 Å². The third-order valence-corrected chi connectivity index (χ3v) is 5.42. The fraction of sp³-hybridized carbons (Fsp3) is 0.364. The van der Waals surface area contributed by atoms with Gasteiger partial charge in [0, 0.05) is 30.8 Å². The Bertz CT molecular complexity index is 1200. The number of pyridine rings is 1. The van der Waals surface area contributed by atoms with Crippen LogP contribution in [0.1, 0.15) is 42.1 Å². The van der Waals surface area contributed by atoms with Crippen molar-refractivity contribution in [1.29, 1.82) is 0 Å². The number of benzene rings is 1. The van der Waals surface area contributed by atoms with Crippen LogP contribution >= 0.6 is 0 Å². The van der Waals surface area contributed by atoms with Crippen LogP contribution in [0.2, 0.25) is 0 Å². The quantitative estimate of drug-likeness (QED) is 0.426. The number of aliphatic hydroxyl groups is 1. The zero-order valence-corrected chi connectivity index (χ0v) is 17.7. The molecule has 1 aromatic carbocycles. The van der Waals surface area contributed by atoms with Gasteiger partial charge in [-0.2, -0.15) is 0 Å². The van der Waals surface area contributed by atoms with Crippen molar-refractivity contribution in [3.8, 4) is 0 Å². The molecule has 4 rings (SSSR count). The summed E-state index contributed by atoms with van der Waals surface area (Å²) in [5.41, 5.74) is 2.49. The number of aryl methyl sites for hydroxylation is 1. The van der Waals surface area contributed by atoms with Crippen LogP contribution in [0, 0.1) is 6.92 Å². The lowest BCUT2D eigenvalue weighted by atomic mass is 10.1. The van der Waals surface area contributed by atoms with E-state index in [-0.39, 0.29) is 18.2 Å². The number of aromatic amines is 1. The number of aromatic nitrogens is 5. The lowest BCUT2D eigenvalue weighted by Crippen LogP contribution is -2.32. The van der Waals surface area contributed by atoms with Crippen molar-refractivity contribution in [3.63, 3.8) is 0 Å². The molecule has 4 aromatic rings. The number of furan rings is 1. The number of rotatable bonds is 9. The Morgan fingerprint density at radius 2 is 2.16 bits per heavy atom. The minimum atomic E-state index is -0.177. The topological polar surface area (TPSA) is 113 Å². The first kappa shape index (κ1) is 21.0. The van der Waals surface area contributed by atoms with Gasteiger partial charge in [0.15, 0.2) is 5.82 Å². The van der Waals surface area contributed by atoms with Gasteiger partial charge in [-0.1, -0.05) is 11.6 Å². The van der Waals surface area contributed by atoms with Gasteiger partial charge in [-0.05, 0) is 66.4 Å². The lowest BCUT2D eigenvalue weighted by Gasteiger charge is -2.28. The zero-order chi connectivity index (χ0) is 21.8. The predicted molar refractivity (Wildman–Crippen MR) is 115 cm³/mol. The summed E-state index contributed by atoms with van der Waals surface area (Å²) in [5, 5.41) is 22.5. The van der Waals surface area contributed by atoms with Crippen LogP contribution in [0.4, 0.5) is 0 Å². The molecule has 0 amide bonds. The van der Waals surface area contributed by atoms with Crippen LogP contribution < -0.4 is 5.56 Å². The number of nitrogens with zero attached hydrogens (tertiary/aromatic N) is 5. The molecule has 0 aliphatic carbocycles. The Balaban J connectivity index is 1.62. The summed E-state index contributed by atoms with van der Waals surface area (Å²) in [6.45, 7) is 5.52. The summed E-state index contributed by atoms with van der Waals surface area (Å²) < 4.78 is 7.12. The summed E-state index contributed by atoms with van der Waals surface area (Å²) in [7, 11) is 0. The van der Waals surface area contributed by atoms with Gasteiger partial charge in [-0.3, -0.25) is 9.69 Å². The molecular formula is C22H26N6O3. The minimum absolute atomic E-state index is 0.0633. The van der Waals surface area contributed by atoms with Crippen molar-refractivity contribution in [1.82, 2.24) is 30.1 Å². The number of tetrazole rings is 1. The van der Waals surface area contributed by atoms with Crippen LogP contribution in [0.5, 0.6) is 0 Å². The summed E-state index contributed by atoms with van der Waals surface area (Å²) in [4.78, 5) is 17.8. The average molecular weight is 422 g/mol. The van der Waals surface area contributed by atoms with Gasteiger partial charge in [0.05, 0.1) is 12.3 Å². The molecule has 0 fully saturated rings. The standard InChI is InChI=1S/C22H26N6O3/c1-15-6-7-20-17(11-15)12-18(22(30)23-20)13-27(8-4-9-29)16(2)21-24-25-26-28(21)14-19-5-3-10-31-19/h3,5-7,10-12,16,29H,4,8-9,13-14H2,1-2H3,(H,23,30)/t16-/m0/s1. The van der Waals surface area contributed by atoms with Crippen molar-refractivity contribution < 1.29 is 9.52 Å². The first-order chi connectivity index (χ1) is 15.0. The highest BCUT2D eigenvalue weighted by Crippen LogP contribution is 2.22. The van der Waals surface area contributed by atoms with Crippen molar-refractivity contribution >= 4 is 10.9 Å². The number of nitrogens with one attached hydrogen (secondary N) is 1. The van der Waals surface area contributed by atoms with Crippen molar-refractivity contribution in [3.05, 3.63) is 75.7 Å². The summed E-state index contributed by atoms with van der Waals surface area (Å²) in [5.74, 6) is 1.42. The number of aliphatic hydroxyl groups excluding tert-OH is 1. The molecule has 1 atom stereocenters. The molecule has 0 radical (unpaired) electrons. The molecular weight excluding hydrogens is 396 g/mol. The molecule has 0 spiro atoms. The second-order valence-corrected chi connectivity index (χ2v) is 7.71. The maximum Gasteiger partial charge on any atom is 0.252 e. The number of hydrogen-bond acceptors (Lipinski definition) is 7. The van der Waals surface area contributed by atoms with E-state index >= 15 is 0 Å². The Labute approximate surface area is 179 Å². The van der Waals surface area contributed by atoms with E-state index < -0.39 is 0 Å². The van der Waals surface area contributed by atoms with E-state index in [1.165, 1.54) is 0 Å². The van der Waals surface area contributed by atoms with Crippen LogP contribution in [-0.4, -0.2) is 48.3 Å². The van der Waals surface area contributed by atoms with Gasteiger partial charge in [0.25, 0.3) is 5.56 Å². The van der Waals surface area contributed by atoms with Crippen molar-refractivity contribution in [2.24, 2.45) is 0 Å². The molecule has 9 nitrogen and oxygen atoms in total. The normalized spacial score (nSPS) is 12.6. The second kappa shape index (κ2) is 9.23. The highest BCUT2D eigenvalue weighted by atomic mass is 16.3.